The van der Waals surface area contributed by atoms with Crippen molar-refractivity contribution >= 4 is 46.2 Å². The summed E-state index contributed by atoms with van der Waals surface area (Å²) in [4.78, 5) is 25.2. The number of hydrogen-bond donors (Lipinski definition) is 2. The second-order valence-corrected chi connectivity index (χ2v) is 7.06. The molecule has 0 atom stereocenters. The van der Waals surface area contributed by atoms with E-state index in [0.29, 0.717) is 4.91 Å². The number of nitrogens with one attached hydrogen (secondary N) is 1. The zero-order valence-electron chi connectivity index (χ0n) is 13.2. The molecule has 1 heterocycles. The predicted molar refractivity (Wildman–Crippen MR) is 102 cm³/mol. The summed E-state index contributed by atoms with van der Waals surface area (Å²) in [6.07, 6.45) is 1.73. The van der Waals surface area contributed by atoms with Gasteiger partial charge in [-0.05, 0) is 42.9 Å². The number of hydrogen-bond acceptors (Lipinski definition) is 5. The highest BCUT2D eigenvalue weighted by atomic mass is 32.2. The van der Waals surface area contributed by atoms with Crippen LogP contribution in [0, 0.1) is 6.92 Å². The molecule has 0 aliphatic carbocycles. The summed E-state index contributed by atoms with van der Waals surface area (Å²) in [6, 6.07) is 13.8. The Balaban J connectivity index is 1.79. The molecule has 1 aliphatic heterocycles. The topological polar surface area (TPSA) is 69.6 Å². The minimum absolute atomic E-state index is 0.0686. The third-order valence-corrected chi connectivity index (χ3v) is 4.83. The Morgan fingerprint density at radius 3 is 2.56 bits per heavy atom. The average Bonchev–Trinajstić information content (AvgIpc) is 2.85. The normalized spacial score (nSPS) is 15.7. The van der Waals surface area contributed by atoms with Crippen LogP contribution in [0.4, 0.5) is 0 Å². The molecule has 0 radical (unpaired) electrons. The fourth-order valence-corrected chi connectivity index (χ4v) is 3.39. The third kappa shape index (κ3) is 3.72. The van der Waals surface area contributed by atoms with Crippen LogP contribution in [0.15, 0.2) is 53.4 Å². The van der Waals surface area contributed by atoms with Crippen LogP contribution in [0.5, 0.6) is 5.75 Å². The Morgan fingerprint density at radius 2 is 1.88 bits per heavy atom. The second-order valence-electron chi connectivity index (χ2n) is 5.39. The third-order valence-electron chi connectivity index (χ3n) is 3.53. The fourth-order valence-electron chi connectivity index (χ4n) is 2.21. The van der Waals surface area contributed by atoms with E-state index in [1.807, 2.05) is 31.2 Å². The fraction of sp³-hybridized carbons (Fsp3) is 0.0556. The van der Waals surface area contributed by atoms with E-state index in [1.165, 1.54) is 12.1 Å². The van der Waals surface area contributed by atoms with Gasteiger partial charge in [-0.2, -0.15) is 5.01 Å². The van der Waals surface area contributed by atoms with E-state index in [9.17, 15) is 14.7 Å². The second kappa shape index (κ2) is 7.08. The first-order chi connectivity index (χ1) is 12.0. The summed E-state index contributed by atoms with van der Waals surface area (Å²) in [5.74, 6) is -1.18. The van der Waals surface area contributed by atoms with Gasteiger partial charge in [0.15, 0.2) is 4.32 Å². The van der Waals surface area contributed by atoms with Crippen LogP contribution in [-0.2, 0) is 4.79 Å². The Labute approximate surface area is 154 Å². The number of phenols is 1. The van der Waals surface area contributed by atoms with E-state index in [-0.39, 0.29) is 15.6 Å². The molecule has 1 fully saturated rings. The Bertz CT molecular complexity index is 891. The van der Waals surface area contributed by atoms with Crippen molar-refractivity contribution in [1.29, 1.82) is 0 Å². The van der Waals surface area contributed by atoms with E-state index in [1.54, 1.807) is 18.2 Å². The van der Waals surface area contributed by atoms with E-state index in [4.69, 9.17) is 12.2 Å². The quantitative estimate of drug-likeness (QED) is 0.641. The molecular formula is C18H14N2O3S2. The minimum Gasteiger partial charge on any atom is -0.507 e. The summed E-state index contributed by atoms with van der Waals surface area (Å²) in [6.45, 7) is 1.98. The van der Waals surface area contributed by atoms with Gasteiger partial charge in [-0.3, -0.25) is 15.0 Å². The molecule has 0 bridgehead atoms. The number of hydrazine groups is 1. The smallest absolute Gasteiger partial charge is 0.285 e. The minimum atomic E-state index is -0.606. The van der Waals surface area contributed by atoms with Gasteiger partial charge < -0.3 is 5.11 Å². The van der Waals surface area contributed by atoms with Gasteiger partial charge in [0.2, 0.25) is 0 Å². The lowest BCUT2D eigenvalue weighted by molar-refractivity contribution is -0.123. The number of thiocarbonyl (C=S) groups is 1. The lowest BCUT2D eigenvalue weighted by Crippen LogP contribution is -2.44. The van der Waals surface area contributed by atoms with Crippen LogP contribution in [0.3, 0.4) is 0 Å². The predicted octanol–water partition coefficient (Wildman–Crippen LogP) is 3.25. The summed E-state index contributed by atoms with van der Waals surface area (Å²) in [7, 11) is 0. The molecule has 1 saturated heterocycles. The summed E-state index contributed by atoms with van der Waals surface area (Å²) >= 11 is 6.30. The molecule has 3 rings (SSSR count). The highest BCUT2D eigenvalue weighted by Crippen LogP contribution is 2.31. The van der Waals surface area contributed by atoms with Gasteiger partial charge in [0.1, 0.15) is 5.75 Å². The van der Waals surface area contributed by atoms with Crippen molar-refractivity contribution in [3.05, 3.63) is 70.1 Å². The molecule has 126 valence electrons. The van der Waals surface area contributed by atoms with Crippen LogP contribution in [0.2, 0.25) is 0 Å². The van der Waals surface area contributed by atoms with Crippen molar-refractivity contribution in [2.75, 3.05) is 0 Å². The Kier molecular flexibility index (Phi) is 4.87. The molecule has 7 heteroatoms. The lowest BCUT2D eigenvalue weighted by Gasteiger charge is -2.16. The number of amides is 2. The molecule has 0 unspecified atom stereocenters. The zero-order chi connectivity index (χ0) is 18.0. The maximum absolute atomic E-state index is 12.5. The van der Waals surface area contributed by atoms with E-state index >= 15 is 0 Å². The van der Waals surface area contributed by atoms with Gasteiger partial charge in [-0.15, -0.1) is 0 Å². The summed E-state index contributed by atoms with van der Waals surface area (Å²) in [5, 5.41) is 10.8. The van der Waals surface area contributed by atoms with Crippen molar-refractivity contribution < 1.29 is 14.7 Å². The number of nitrogens with zero attached hydrogens (tertiary/aromatic N) is 1. The molecule has 0 aromatic heterocycles. The van der Waals surface area contributed by atoms with Crippen molar-refractivity contribution in [2.45, 2.75) is 6.92 Å². The van der Waals surface area contributed by atoms with Gasteiger partial charge >= 0.3 is 0 Å². The number of carbonyl (C=O) groups excluding carboxylic acids is 2. The van der Waals surface area contributed by atoms with E-state index < -0.39 is 11.8 Å². The molecular weight excluding hydrogens is 356 g/mol. The van der Waals surface area contributed by atoms with Crippen molar-refractivity contribution in [3.8, 4) is 5.75 Å². The molecule has 2 N–H and O–H groups in total. The molecule has 5 nitrogen and oxygen atoms in total. The van der Waals surface area contributed by atoms with Crippen molar-refractivity contribution in [2.24, 2.45) is 0 Å². The van der Waals surface area contributed by atoms with Crippen LogP contribution in [0.1, 0.15) is 21.5 Å². The maximum Gasteiger partial charge on any atom is 0.285 e. The number of para-hydroxylation sites is 1. The summed E-state index contributed by atoms with van der Waals surface area (Å²) < 4.78 is 0.229. The van der Waals surface area contributed by atoms with Gasteiger partial charge in [-0.25, -0.2) is 0 Å². The van der Waals surface area contributed by atoms with Crippen LogP contribution >= 0.6 is 24.0 Å². The number of benzene rings is 2. The first-order valence-corrected chi connectivity index (χ1v) is 8.62. The summed E-state index contributed by atoms with van der Waals surface area (Å²) in [5.41, 5.74) is 4.51. The maximum atomic E-state index is 12.5. The average molecular weight is 370 g/mol. The molecule has 2 amide bonds. The van der Waals surface area contributed by atoms with E-state index in [2.05, 4.69) is 5.43 Å². The number of aryl methyl sites for hydroxylation is 1. The first-order valence-electron chi connectivity index (χ1n) is 7.39. The molecule has 25 heavy (non-hydrogen) atoms. The first kappa shape index (κ1) is 17.2. The number of rotatable bonds is 3. The van der Waals surface area contributed by atoms with E-state index in [0.717, 1.165) is 27.9 Å². The van der Waals surface area contributed by atoms with Gasteiger partial charge in [0.25, 0.3) is 11.8 Å². The Morgan fingerprint density at radius 1 is 1.20 bits per heavy atom. The van der Waals surface area contributed by atoms with Crippen molar-refractivity contribution in [3.63, 3.8) is 0 Å². The monoisotopic (exact) mass is 370 g/mol. The molecule has 2 aromatic rings. The largest absolute Gasteiger partial charge is 0.507 e. The molecule has 0 spiro atoms. The number of aromatic hydroxyl groups is 1. The number of thioether (sulfide) groups is 1. The zero-order valence-corrected chi connectivity index (χ0v) is 14.9. The molecule has 0 saturated carbocycles. The van der Waals surface area contributed by atoms with Crippen LogP contribution in [-0.4, -0.2) is 26.3 Å². The van der Waals surface area contributed by atoms with Gasteiger partial charge in [-0.1, -0.05) is 53.7 Å². The lowest BCUT2D eigenvalue weighted by atomic mass is 10.1. The number of phenolic OH excluding ortho intramolecular Hbond substituents is 1. The highest BCUT2D eigenvalue weighted by molar-refractivity contribution is 8.26. The van der Waals surface area contributed by atoms with Gasteiger partial charge in [0, 0.05) is 0 Å². The van der Waals surface area contributed by atoms with Crippen LogP contribution < -0.4 is 5.43 Å². The Hall–Kier alpha value is -2.64. The van der Waals surface area contributed by atoms with Crippen molar-refractivity contribution in [1.82, 2.24) is 10.4 Å². The van der Waals surface area contributed by atoms with Crippen LogP contribution in [0.25, 0.3) is 6.08 Å². The number of carbonyl (C=O) groups is 2. The van der Waals surface area contributed by atoms with Gasteiger partial charge in [0.05, 0.1) is 10.5 Å². The standard InChI is InChI=1S/C18H14N2O3S2/c1-11-6-8-12(9-7-11)10-15-17(23)20(18(24)25-15)19-16(22)13-4-2-3-5-14(13)21/h2-10,21H,1H3,(H,19,22)/b15-10+. The highest BCUT2D eigenvalue weighted by Gasteiger charge is 2.34. The molecule has 2 aromatic carbocycles. The SMILES string of the molecule is Cc1ccc(/C=C2/SC(=S)N(NC(=O)c3ccccc3O)C2=O)cc1. The molecule has 1 aliphatic rings.